The lowest BCUT2D eigenvalue weighted by molar-refractivity contribution is -0.115. The molecule has 1 amide bonds. The summed E-state index contributed by atoms with van der Waals surface area (Å²) in [6, 6.07) is 17.7. The summed E-state index contributed by atoms with van der Waals surface area (Å²) in [6.07, 6.45) is 0. The van der Waals surface area contributed by atoms with Gasteiger partial charge in [-0.15, -0.1) is 10.2 Å². The molecule has 0 bridgehead atoms. The van der Waals surface area contributed by atoms with Crippen LogP contribution < -0.4 is 15.4 Å². The number of hydrogen-bond acceptors (Lipinski definition) is 8. The van der Waals surface area contributed by atoms with Crippen molar-refractivity contribution in [2.24, 2.45) is 0 Å². The first kappa shape index (κ1) is 22.2. The van der Waals surface area contributed by atoms with Crippen molar-refractivity contribution < 1.29 is 18.3 Å². The van der Waals surface area contributed by atoms with Crippen LogP contribution in [0.1, 0.15) is 6.92 Å². The van der Waals surface area contributed by atoms with E-state index in [0.29, 0.717) is 32.2 Å². The molecule has 5 rings (SSSR count). The molecule has 0 saturated heterocycles. The summed E-state index contributed by atoms with van der Waals surface area (Å²) in [5.74, 6) is -0.0653. The zero-order valence-electron chi connectivity index (χ0n) is 18.2. The van der Waals surface area contributed by atoms with Crippen LogP contribution >= 0.6 is 23.1 Å². The maximum Gasteiger partial charge on any atom is 0.237 e. The maximum atomic E-state index is 13.8. The normalized spacial score (nSPS) is 12.1. The number of anilines is 3. The molecule has 34 heavy (non-hydrogen) atoms. The maximum absolute atomic E-state index is 13.8. The third-order valence-corrected chi connectivity index (χ3v) is 7.15. The molecule has 0 fully saturated rings. The average Bonchev–Trinajstić information content (AvgIpc) is 3.43. The molecule has 0 saturated carbocycles. The molecule has 10 heteroatoms. The van der Waals surface area contributed by atoms with Crippen molar-refractivity contribution in [3.8, 4) is 5.75 Å². The second kappa shape index (κ2) is 9.32. The molecular formula is C24H19FN4O3S2. The number of rotatable bonds is 7. The zero-order valence-corrected chi connectivity index (χ0v) is 19.8. The second-order valence-electron chi connectivity index (χ2n) is 7.37. The van der Waals surface area contributed by atoms with Crippen LogP contribution in [0, 0.1) is 5.82 Å². The monoisotopic (exact) mass is 494 g/mol. The van der Waals surface area contributed by atoms with Crippen molar-refractivity contribution >= 4 is 67.5 Å². The second-order valence-corrected chi connectivity index (χ2v) is 9.94. The highest BCUT2D eigenvalue weighted by atomic mass is 32.2. The molecule has 0 aliphatic rings. The van der Waals surface area contributed by atoms with Crippen molar-refractivity contribution in [2.75, 3.05) is 17.7 Å². The van der Waals surface area contributed by atoms with Crippen molar-refractivity contribution in [3.63, 3.8) is 0 Å². The van der Waals surface area contributed by atoms with Crippen LogP contribution in [0.2, 0.25) is 0 Å². The molecular weight excluding hydrogens is 475 g/mol. The molecule has 2 heterocycles. The van der Waals surface area contributed by atoms with E-state index in [1.165, 1.54) is 29.2 Å². The Labute approximate surface area is 202 Å². The van der Waals surface area contributed by atoms with Crippen LogP contribution in [0.15, 0.2) is 69.4 Å². The van der Waals surface area contributed by atoms with E-state index in [4.69, 9.17) is 9.15 Å². The van der Waals surface area contributed by atoms with Gasteiger partial charge in [0.1, 0.15) is 22.7 Å². The van der Waals surface area contributed by atoms with Crippen LogP contribution in [-0.4, -0.2) is 28.5 Å². The zero-order chi connectivity index (χ0) is 23.7. The van der Waals surface area contributed by atoms with Crippen LogP contribution in [0.4, 0.5) is 20.9 Å². The Balaban J connectivity index is 1.30. The van der Waals surface area contributed by atoms with Gasteiger partial charge in [0.05, 0.1) is 23.7 Å². The summed E-state index contributed by atoms with van der Waals surface area (Å²) in [7, 11) is 1.56. The van der Waals surface area contributed by atoms with E-state index in [1.807, 2.05) is 30.3 Å². The highest BCUT2D eigenvalue weighted by molar-refractivity contribution is 8.02. The van der Waals surface area contributed by atoms with Gasteiger partial charge in [-0.25, -0.2) is 4.39 Å². The topological polar surface area (TPSA) is 89.3 Å². The number of para-hydroxylation sites is 2. The number of furan rings is 1. The molecule has 0 aliphatic carbocycles. The van der Waals surface area contributed by atoms with Crippen LogP contribution in [-0.2, 0) is 4.79 Å². The van der Waals surface area contributed by atoms with Gasteiger partial charge in [0.2, 0.25) is 11.0 Å². The van der Waals surface area contributed by atoms with E-state index in [1.54, 1.807) is 38.3 Å². The summed E-state index contributed by atoms with van der Waals surface area (Å²) >= 11 is 2.51. The molecule has 0 aliphatic heterocycles. The fourth-order valence-corrected chi connectivity index (χ4v) is 5.35. The number of hydrogen-bond donors (Lipinski definition) is 2. The fraction of sp³-hybridized carbons (Fsp3) is 0.125. The first-order chi connectivity index (χ1) is 16.5. The van der Waals surface area contributed by atoms with E-state index >= 15 is 0 Å². The van der Waals surface area contributed by atoms with Gasteiger partial charge in [-0.3, -0.25) is 4.79 Å². The smallest absolute Gasteiger partial charge is 0.237 e. The number of nitrogens with one attached hydrogen (secondary N) is 2. The number of carbonyl (C=O) groups is 1. The number of thioether (sulfide) groups is 1. The Hall–Kier alpha value is -3.63. The first-order valence-corrected chi connectivity index (χ1v) is 12.0. The third kappa shape index (κ3) is 4.42. The average molecular weight is 495 g/mol. The number of amides is 1. The van der Waals surface area contributed by atoms with Gasteiger partial charge >= 0.3 is 0 Å². The summed E-state index contributed by atoms with van der Waals surface area (Å²) in [4.78, 5) is 12.9. The minimum absolute atomic E-state index is 0.224. The number of fused-ring (bicyclic) bond motifs is 3. The Morgan fingerprint density at radius 1 is 1.06 bits per heavy atom. The van der Waals surface area contributed by atoms with Gasteiger partial charge in [-0.1, -0.05) is 53.4 Å². The summed E-state index contributed by atoms with van der Waals surface area (Å²) in [6.45, 7) is 1.78. The SMILES string of the molecule is COc1cc2c(cc1NC(=O)C(C)Sc1nnc(Nc3ccccc3F)s1)oc1ccccc12. The highest BCUT2D eigenvalue weighted by Crippen LogP contribution is 2.37. The van der Waals surface area contributed by atoms with Gasteiger partial charge in [0.15, 0.2) is 4.34 Å². The molecule has 3 aromatic carbocycles. The molecule has 2 aromatic heterocycles. The van der Waals surface area contributed by atoms with Gasteiger partial charge < -0.3 is 19.8 Å². The molecule has 7 nitrogen and oxygen atoms in total. The summed E-state index contributed by atoms with van der Waals surface area (Å²) in [5, 5.41) is 15.8. The van der Waals surface area contributed by atoms with Gasteiger partial charge in [0, 0.05) is 16.8 Å². The Kier molecular flexibility index (Phi) is 6.08. The number of ether oxygens (including phenoxy) is 1. The van der Waals surface area contributed by atoms with Crippen LogP contribution in [0.25, 0.3) is 21.9 Å². The highest BCUT2D eigenvalue weighted by Gasteiger charge is 2.20. The number of methoxy groups -OCH3 is 1. The Morgan fingerprint density at radius 2 is 1.85 bits per heavy atom. The number of halogens is 1. The van der Waals surface area contributed by atoms with Crippen molar-refractivity contribution in [3.05, 3.63) is 66.5 Å². The molecule has 1 atom stereocenters. The van der Waals surface area contributed by atoms with Crippen molar-refractivity contribution in [1.82, 2.24) is 10.2 Å². The summed E-state index contributed by atoms with van der Waals surface area (Å²) < 4.78 is 25.9. The van der Waals surface area contributed by atoms with Crippen molar-refractivity contribution in [1.29, 1.82) is 0 Å². The third-order valence-electron chi connectivity index (χ3n) is 5.13. The van der Waals surface area contributed by atoms with E-state index in [0.717, 1.165) is 16.4 Å². The van der Waals surface area contributed by atoms with E-state index in [9.17, 15) is 9.18 Å². The molecule has 0 spiro atoms. The molecule has 1 unspecified atom stereocenters. The van der Waals surface area contributed by atoms with Crippen LogP contribution in [0.5, 0.6) is 5.75 Å². The minimum Gasteiger partial charge on any atom is -0.495 e. The molecule has 2 N–H and O–H groups in total. The van der Waals surface area contributed by atoms with Gasteiger partial charge in [0.25, 0.3) is 0 Å². The fourth-order valence-electron chi connectivity index (χ4n) is 3.44. The Bertz CT molecular complexity index is 1500. The number of aromatic nitrogens is 2. The van der Waals surface area contributed by atoms with E-state index in [-0.39, 0.29) is 11.7 Å². The first-order valence-electron chi connectivity index (χ1n) is 10.3. The predicted molar refractivity (Wildman–Crippen MR) is 134 cm³/mol. The largest absolute Gasteiger partial charge is 0.495 e. The minimum atomic E-state index is -0.467. The van der Waals surface area contributed by atoms with E-state index in [2.05, 4.69) is 20.8 Å². The Morgan fingerprint density at radius 3 is 2.68 bits per heavy atom. The molecule has 172 valence electrons. The number of nitrogens with zero attached hydrogens (tertiary/aromatic N) is 2. The predicted octanol–water partition coefficient (Wildman–Crippen LogP) is 6.45. The van der Waals surface area contributed by atoms with Gasteiger partial charge in [-0.2, -0.15) is 0 Å². The van der Waals surface area contributed by atoms with Crippen LogP contribution in [0.3, 0.4) is 0 Å². The van der Waals surface area contributed by atoms with Gasteiger partial charge in [-0.05, 0) is 31.2 Å². The summed E-state index contributed by atoms with van der Waals surface area (Å²) in [5.41, 5.74) is 2.26. The number of benzene rings is 3. The molecule has 0 radical (unpaired) electrons. The number of carbonyl (C=O) groups excluding carboxylic acids is 1. The lowest BCUT2D eigenvalue weighted by Gasteiger charge is -2.13. The lowest BCUT2D eigenvalue weighted by atomic mass is 10.1. The quantitative estimate of drug-likeness (QED) is 0.251. The van der Waals surface area contributed by atoms with Crippen molar-refractivity contribution in [2.45, 2.75) is 16.5 Å². The molecule has 5 aromatic rings. The van der Waals surface area contributed by atoms with E-state index < -0.39 is 5.25 Å². The standard InChI is InChI=1S/C24H19FN4O3S2/c1-13(33-24-29-28-23(34-24)27-17-9-5-4-8-16(17)25)22(30)26-18-12-20-15(11-21(18)31-2)14-7-3-6-10-19(14)32-20/h3-13H,1-2H3,(H,26,30)(H,27,28). The lowest BCUT2D eigenvalue weighted by Crippen LogP contribution is -2.22.